The van der Waals surface area contributed by atoms with Crippen molar-refractivity contribution in [3.63, 3.8) is 0 Å². The lowest BCUT2D eigenvalue weighted by Crippen LogP contribution is -2.42. The van der Waals surface area contributed by atoms with Crippen LogP contribution in [0, 0.1) is 0 Å². The summed E-state index contributed by atoms with van der Waals surface area (Å²) in [6.07, 6.45) is 2.23. The van der Waals surface area contributed by atoms with Crippen molar-refractivity contribution in [2.75, 3.05) is 26.4 Å². The van der Waals surface area contributed by atoms with Gasteiger partial charge in [-0.15, -0.1) is 0 Å². The molecule has 1 aliphatic heterocycles. The molecule has 0 spiro atoms. The molecule has 1 fully saturated rings. The Kier molecular flexibility index (Phi) is 7.63. The quantitative estimate of drug-likeness (QED) is 0.525. The molecule has 1 aliphatic rings. The van der Waals surface area contributed by atoms with Crippen LogP contribution in [-0.4, -0.2) is 43.5 Å². The first-order valence-electron chi connectivity index (χ1n) is 9.32. The molecule has 0 bridgehead atoms. The molecule has 2 aromatic carbocycles. The molecule has 1 atom stereocenters. The van der Waals surface area contributed by atoms with E-state index < -0.39 is 0 Å². The predicted molar refractivity (Wildman–Crippen MR) is 111 cm³/mol. The van der Waals surface area contributed by atoms with E-state index in [2.05, 4.69) is 10.6 Å². The van der Waals surface area contributed by atoms with Gasteiger partial charge >= 0.3 is 0 Å². The second-order valence-electron chi connectivity index (χ2n) is 6.34. The summed E-state index contributed by atoms with van der Waals surface area (Å²) in [5, 5.41) is 6.00. The van der Waals surface area contributed by atoms with Crippen molar-refractivity contribution in [2.45, 2.75) is 18.9 Å². The van der Waals surface area contributed by atoms with Crippen LogP contribution in [0.15, 0.2) is 54.6 Å². The van der Waals surface area contributed by atoms with Crippen LogP contribution in [0.3, 0.4) is 0 Å². The Balaban J connectivity index is 1.41. The molecule has 0 aliphatic carbocycles. The summed E-state index contributed by atoms with van der Waals surface area (Å²) >= 11 is 5.18. The van der Waals surface area contributed by atoms with Gasteiger partial charge in [-0.05, 0) is 55.4 Å². The summed E-state index contributed by atoms with van der Waals surface area (Å²) < 4.78 is 16.8. The average molecular weight is 401 g/mol. The number of amides is 1. The van der Waals surface area contributed by atoms with Crippen molar-refractivity contribution in [3.05, 3.63) is 60.2 Å². The summed E-state index contributed by atoms with van der Waals surface area (Å²) in [5.74, 6) is 1.11. The second-order valence-corrected chi connectivity index (χ2v) is 6.75. The topological polar surface area (TPSA) is 68.8 Å². The highest BCUT2D eigenvalue weighted by molar-refractivity contribution is 7.80. The first-order valence-corrected chi connectivity index (χ1v) is 9.73. The molecule has 0 saturated carbocycles. The van der Waals surface area contributed by atoms with Gasteiger partial charge in [0.05, 0.1) is 6.10 Å². The fourth-order valence-corrected chi connectivity index (χ4v) is 2.97. The number of carbonyl (C=O) groups is 1. The fraction of sp³-hybridized carbons (Fsp3) is 0.333. The molecule has 2 N–H and O–H groups in total. The third-order valence-corrected chi connectivity index (χ3v) is 4.45. The first-order chi connectivity index (χ1) is 13.7. The number of hydrogen-bond acceptors (Lipinski definition) is 5. The Hall–Kier alpha value is -2.64. The van der Waals surface area contributed by atoms with E-state index in [0.29, 0.717) is 36.2 Å². The molecule has 2 aromatic rings. The van der Waals surface area contributed by atoms with E-state index >= 15 is 0 Å². The van der Waals surface area contributed by atoms with E-state index in [4.69, 9.17) is 26.4 Å². The van der Waals surface area contributed by atoms with E-state index in [-0.39, 0.29) is 12.0 Å². The van der Waals surface area contributed by atoms with Gasteiger partial charge in [-0.3, -0.25) is 10.1 Å². The zero-order chi connectivity index (χ0) is 19.6. The van der Waals surface area contributed by atoms with Gasteiger partial charge in [0.15, 0.2) is 5.11 Å². The van der Waals surface area contributed by atoms with Crippen LogP contribution in [0.4, 0.5) is 0 Å². The van der Waals surface area contributed by atoms with Gasteiger partial charge in [-0.1, -0.05) is 24.3 Å². The monoisotopic (exact) mass is 400 g/mol. The van der Waals surface area contributed by atoms with Crippen LogP contribution in [-0.2, 0) is 4.74 Å². The third-order valence-electron chi connectivity index (χ3n) is 4.20. The van der Waals surface area contributed by atoms with Crippen molar-refractivity contribution in [3.8, 4) is 11.5 Å². The molecular formula is C21H24N2O4S. The number of rotatable bonds is 8. The molecule has 7 heteroatoms. The number of hydrogen-bond donors (Lipinski definition) is 2. The highest BCUT2D eigenvalue weighted by atomic mass is 32.1. The molecule has 1 amide bonds. The van der Waals surface area contributed by atoms with Gasteiger partial charge in [0.1, 0.15) is 24.7 Å². The van der Waals surface area contributed by atoms with Gasteiger partial charge in [0.2, 0.25) is 0 Å². The number of carbonyl (C=O) groups excluding carboxylic acids is 1. The van der Waals surface area contributed by atoms with Gasteiger partial charge in [-0.25, -0.2) is 0 Å². The van der Waals surface area contributed by atoms with Crippen molar-refractivity contribution < 1.29 is 19.0 Å². The Labute approximate surface area is 170 Å². The van der Waals surface area contributed by atoms with Crippen molar-refractivity contribution in [1.29, 1.82) is 0 Å². The van der Waals surface area contributed by atoms with Crippen molar-refractivity contribution >= 4 is 23.2 Å². The lowest BCUT2D eigenvalue weighted by molar-refractivity contribution is 0.0972. The van der Waals surface area contributed by atoms with Crippen molar-refractivity contribution in [2.24, 2.45) is 0 Å². The summed E-state index contributed by atoms with van der Waals surface area (Å²) in [7, 11) is 0. The molecule has 6 nitrogen and oxygen atoms in total. The Morgan fingerprint density at radius 3 is 2.57 bits per heavy atom. The summed E-state index contributed by atoms with van der Waals surface area (Å²) in [6.45, 7) is 2.18. The Bertz CT molecular complexity index is 779. The number of nitrogens with one attached hydrogen (secondary N) is 2. The highest BCUT2D eigenvalue weighted by Crippen LogP contribution is 2.14. The number of para-hydroxylation sites is 1. The number of thiocarbonyl (C=S) groups is 1. The SMILES string of the molecule is O=C(NC(=S)NCC1CCCO1)c1cccc(OCCOc2ccccc2)c1. The zero-order valence-electron chi connectivity index (χ0n) is 15.6. The standard InChI is InChI=1S/C21H24N2O4S/c24-20(23-21(28)22-15-19-10-5-11-25-19)16-6-4-9-18(14-16)27-13-12-26-17-7-2-1-3-8-17/h1-4,6-9,14,19H,5,10-13,15H2,(H2,22,23,24,28). The van der Waals surface area contributed by atoms with Crippen LogP contribution >= 0.6 is 12.2 Å². The van der Waals surface area contributed by atoms with E-state index in [1.54, 1.807) is 24.3 Å². The maximum absolute atomic E-state index is 12.4. The van der Waals surface area contributed by atoms with E-state index in [1.807, 2.05) is 30.3 Å². The lowest BCUT2D eigenvalue weighted by atomic mass is 10.2. The Morgan fingerprint density at radius 1 is 1.07 bits per heavy atom. The summed E-state index contributed by atoms with van der Waals surface area (Å²) in [4.78, 5) is 12.4. The first kappa shape index (κ1) is 20.1. The van der Waals surface area contributed by atoms with E-state index in [9.17, 15) is 4.79 Å². The molecule has 0 radical (unpaired) electrons. The van der Waals surface area contributed by atoms with Crippen LogP contribution in [0.5, 0.6) is 11.5 Å². The summed E-state index contributed by atoms with van der Waals surface area (Å²) in [5.41, 5.74) is 0.475. The molecule has 0 aromatic heterocycles. The number of ether oxygens (including phenoxy) is 3. The van der Waals surface area contributed by atoms with Crippen LogP contribution < -0.4 is 20.1 Å². The van der Waals surface area contributed by atoms with Gasteiger partial charge in [0.25, 0.3) is 5.91 Å². The third kappa shape index (κ3) is 6.51. The van der Waals surface area contributed by atoms with E-state index in [0.717, 1.165) is 25.2 Å². The smallest absolute Gasteiger partial charge is 0.257 e. The molecule has 1 unspecified atom stereocenters. The Morgan fingerprint density at radius 2 is 1.82 bits per heavy atom. The van der Waals surface area contributed by atoms with Crippen LogP contribution in [0.1, 0.15) is 23.2 Å². The van der Waals surface area contributed by atoms with Crippen LogP contribution in [0.2, 0.25) is 0 Å². The van der Waals surface area contributed by atoms with Gasteiger partial charge < -0.3 is 19.5 Å². The maximum Gasteiger partial charge on any atom is 0.257 e. The molecule has 1 saturated heterocycles. The van der Waals surface area contributed by atoms with Gasteiger partial charge in [0, 0.05) is 18.7 Å². The zero-order valence-corrected chi connectivity index (χ0v) is 16.4. The molecule has 3 rings (SSSR count). The van der Waals surface area contributed by atoms with E-state index in [1.165, 1.54) is 0 Å². The lowest BCUT2D eigenvalue weighted by Gasteiger charge is -2.13. The molecule has 1 heterocycles. The van der Waals surface area contributed by atoms with Gasteiger partial charge in [-0.2, -0.15) is 0 Å². The molecule has 148 valence electrons. The molecular weight excluding hydrogens is 376 g/mol. The number of benzene rings is 2. The molecule has 28 heavy (non-hydrogen) atoms. The normalized spacial score (nSPS) is 15.6. The summed E-state index contributed by atoms with van der Waals surface area (Å²) in [6, 6.07) is 16.5. The largest absolute Gasteiger partial charge is 0.490 e. The second kappa shape index (κ2) is 10.6. The maximum atomic E-state index is 12.4. The van der Waals surface area contributed by atoms with Crippen LogP contribution in [0.25, 0.3) is 0 Å². The predicted octanol–water partition coefficient (Wildman–Crippen LogP) is 2.93. The average Bonchev–Trinajstić information content (AvgIpc) is 3.24. The minimum atomic E-state index is -0.282. The highest BCUT2D eigenvalue weighted by Gasteiger charge is 2.16. The minimum absolute atomic E-state index is 0.157. The van der Waals surface area contributed by atoms with Crippen molar-refractivity contribution in [1.82, 2.24) is 10.6 Å². The minimum Gasteiger partial charge on any atom is -0.490 e. The fourth-order valence-electron chi connectivity index (χ4n) is 2.79.